The number of hydrogen-bond donors (Lipinski definition) is 1. The van der Waals surface area contributed by atoms with Crippen LogP contribution in [0.2, 0.25) is 0 Å². The molecule has 0 unspecified atom stereocenters. The number of rotatable bonds is 5. The molecule has 0 aliphatic rings. The quantitative estimate of drug-likeness (QED) is 0.839. The Hall–Kier alpha value is -1.81. The first-order valence-electron chi connectivity index (χ1n) is 6.36. The molecule has 0 aromatic heterocycles. The lowest BCUT2D eigenvalue weighted by molar-refractivity contribution is -0.116. The fourth-order valence-electron chi connectivity index (χ4n) is 1.87. The highest BCUT2D eigenvalue weighted by molar-refractivity contribution is 7.98. The van der Waals surface area contributed by atoms with Gasteiger partial charge < -0.3 is 5.32 Å². The molecule has 0 saturated carbocycles. The zero-order valence-electron chi connectivity index (χ0n) is 11.2. The Morgan fingerprint density at radius 1 is 1.15 bits per heavy atom. The summed E-state index contributed by atoms with van der Waals surface area (Å²) in [6, 6.07) is 13.9. The third-order valence-electron chi connectivity index (χ3n) is 2.94. The minimum Gasteiger partial charge on any atom is -0.325 e. The van der Waals surface area contributed by atoms with Crippen molar-refractivity contribution < 1.29 is 9.18 Å². The number of anilines is 1. The lowest BCUT2D eigenvalue weighted by Crippen LogP contribution is -2.12. The number of hydrogen-bond acceptors (Lipinski definition) is 2. The molecule has 0 aliphatic carbocycles. The van der Waals surface area contributed by atoms with Crippen molar-refractivity contribution in [1.29, 1.82) is 0 Å². The van der Waals surface area contributed by atoms with Crippen LogP contribution in [0.4, 0.5) is 10.1 Å². The average molecular weight is 289 g/mol. The molecular weight excluding hydrogens is 273 g/mol. The van der Waals surface area contributed by atoms with Gasteiger partial charge in [-0.2, -0.15) is 0 Å². The van der Waals surface area contributed by atoms with Crippen LogP contribution in [0.1, 0.15) is 12.0 Å². The predicted molar refractivity (Wildman–Crippen MR) is 81.6 cm³/mol. The minimum absolute atomic E-state index is 0.0316. The molecule has 0 aliphatic heterocycles. The molecule has 20 heavy (non-hydrogen) atoms. The monoisotopic (exact) mass is 289 g/mol. The van der Waals surface area contributed by atoms with E-state index in [0.717, 1.165) is 16.1 Å². The van der Waals surface area contributed by atoms with Gasteiger partial charge in [0.1, 0.15) is 5.82 Å². The Bertz CT molecular complexity index is 583. The fraction of sp³-hybridized carbons (Fsp3) is 0.188. The molecule has 0 atom stereocenters. The Morgan fingerprint density at radius 3 is 2.55 bits per heavy atom. The van der Waals surface area contributed by atoms with Crippen molar-refractivity contribution in [3.8, 4) is 0 Å². The van der Waals surface area contributed by atoms with Crippen LogP contribution in [0.5, 0.6) is 0 Å². The van der Waals surface area contributed by atoms with Crippen molar-refractivity contribution in [3.05, 3.63) is 59.9 Å². The van der Waals surface area contributed by atoms with E-state index in [9.17, 15) is 9.18 Å². The highest BCUT2D eigenvalue weighted by Crippen LogP contribution is 2.24. The van der Waals surface area contributed by atoms with Crippen LogP contribution in [0.25, 0.3) is 0 Å². The van der Waals surface area contributed by atoms with Crippen LogP contribution in [0.15, 0.2) is 53.4 Å². The van der Waals surface area contributed by atoms with Crippen molar-refractivity contribution in [2.75, 3.05) is 11.6 Å². The molecule has 2 rings (SSSR count). The van der Waals surface area contributed by atoms with Gasteiger partial charge in [-0.05, 0) is 42.5 Å². The molecule has 0 fully saturated rings. The van der Waals surface area contributed by atoms with E-state index in [4.69, 9.17) is 0 Å². The normalized spacial score (nSPS) is 10.3. The van der Waals surface area contributed by atoms with Crippen molar-refractivity contribution in [3.63, 3.8) is 0 Å². The standard InChI is InChI=1S/C16H16FNOS/c1-20-15-5-3-2-4-14(15)18-16(19)11-8-12-6-9-13(17)10-7-12/h2-7,9-10H,8,11H2,1H3,(H,18,19). The summed E-state index contributed by atoms with van der Waals surface area (Å²) in [4.78, 5) is 13.0. The van der Waals surface area contributed by atoms with Crippen LogP contribution in [-0.4, -0.2) is 12.2 Å². The summed E-state index contributed by atoms with van der Waals surface area (Å²) in [5, 5.41) is 2.91. The van der Waals surface area contributed by atoms with Gasteiger partial charge in [0.15, 0.2) is 0 Å². The second kappa shape index (κ2) is 7.10. The first kappa shape index (κ1) is 14.6. The summed E-state index contributed by atoms with van der Waals surface area (Å²) in [6.45, 7) is 0. The number of para-hydroxylation sites is 1. The smallest absolute Gasteiger partial charge is 0.224 e. The Kier molecular flexibility index (Phi) is 5.18. The maximum Gasteiger partial charge on any atom is 0.224 e. The van der Waals surface area contributed by atoms with Crippen molar-refractivity contribution in [2.24, 2.45) is 0 Å². The molecule has 4 heteroatoms. The lowest BCUT2D eigenvalue weighted by atomic mass is 10.1. The molecule has 0 heterocycles. The molecule has 0 radical (unpaired) electrons. The largest absolute Gasteiger partial charge is 0.325 e. The molecule has 0 saturated heterocycles. The van der Waals surface area contributed by atoms with Gasteiger partial charge in [-0.15, -0.1) is 11.8 Å². The van der Waals surface area contributed by atoms with E-state index < -0.39 is 0 Å². The second-order valence-corrected chi connectivity index (χ2v) is 5.22. The first-order chi connectivity index (χ1) is 9.69. The van der Waals surface area contributed by atoms with Gasteiger partial charge in [0.05, 0.1) is 5.69 Å². The number of carbonyl (C=O) groups is 1. The molecule has 2 aromatic carbocycles. The van der Waals surface area contributed by atoms with E-state index in [1.807, 2.05) is 30.5 Å². The van der Waals surface area contributed by atoms with Crippen LogP contribution < -0.4 is 5.32 Å². The molecule has 2 aromatic rings. The van der Waals surface area contributed by atoms with Gasteiger partial charge >= 0.3 is 0 Å². The van der Waals surface area contributed by atoms with Gasteiger partial charge in [-0.1, -0.05) is 24.3 Å². The summed E-state index contributed by atoms with van der Waals surface area (Å²) in [6.07, 6.45) is 2.96. The van der Waals surface area contributed by atoms with Gasteiger partial charge in [0.25, 0.3) is 0 Å². The molecule has 1 amide bonds. The summed E-state index contributed by atoms with van der Waals surface area (Å²) in [5.41, 5.74) is 1.80. The van der Waals surface area contributed by atoms with E-state index in [1.54, 1.807) is 23.9 Å². The Morgan fingerprint density at radius 2 is 1.85 bits per heavy atom. The Balaban J connectivity index is 1.91. The highest BCUT2D eigenvalue weighted by Gasteiger charge is 2.06. The van der Waals surface area contributed by atoms with Crippen molar-refractivity contribution >= 4 is 23.4 Å². The molecule has 2 nitrogen and oxygen atoms in total. The van der Waals surface area contributed by atoms with Gasteiger partial charge in [0.2, 0.25) is 5.91 Å². The molecular formula is C16H16FNOS. The maximum atomic E-state index is 12.8. The lowest BCUT2D eigenvalue weighted by Gasteiger charge is -2.09. The third kappa shape index (κ3) is 4.10. The number of nitrogens with one attached hydrogen (secondary N) is 1. The minimum atomic E-state index is -0.257. The van der Waals surface area contributed by atoms with Crippen molar-refractivity contribution in [1.82, 2.24) is 0 Å². The summed E-state index contributed by atoms with van der Waals surface area (Å²) >= 11 is 1.60. The highest BCUT2D eigenvalue weighted by atomic mass is 32.2. The first-order valence-corrected chi connectivity index (χ1v) is 7.59. The van der Waals surface area contributed by atoms with Gasteiger partial charge in [0, 0.05) is 11.3 Å². The predicted octanol–water partition coefficient (Wildman–Crippen LogP) is 4.12. The average Bonchev–Trinajstić information content (AvgIpc) is 2.47. The van der Waals surface area contributed by atoms with Crippen LogP contribution in [-0.2, 0) is 11.2 Å². The number of carbonyl (C=O) groups excluding carboxylic acids is 1. The SMILES string of the molecule is CSc1ccccc1NC(=O)CCc1ccc(F)cc1. The zero-order chi connectivity index (χ0) is 14.4. The molecule has 1 N–H and O–H groups in total. The van der Waals surface area contributed by atoms with Crippen LogP contribution >= 0.6 is 11.8 Å². The van der Waals surface area contributed by atoms with Crippen LogP contribution in [0, 0.1) is 5.82 Å². The number of halogens is 1. The van der Waals surface area contributed by atoms with Crippen LogP contribution in [0.3, 0.4) is 0 Å². The fourth-order valence-corrected chi connectivity index (χ4v) is 2.42. The van der Waals surface area contributed by atoms with Crippen molar-refractivity contribution in [2.45, 2.75) is 17.7 Å². The number of benzene rings is 2. The number of amides is 1. The zero-order valence-corrected chi connectivity index (χ0v) is 12.0. The summed E-state index contributed by atoms with van der Waals surface area (Å²) < 4.78 is 12.8. The summed E-state index contributed by atoms with van der Waals surface area (Å²) in [5.74, 6) is -0.289. The van der Waals surface area contributed by atoms with E-state index >= 15 is 0 Å². The van der Waals surface area contributed by atoms with Gasteiger partial charge in [-0.3, -0.25) is 4.79 Å². The second-order valence-electron chi connectivity index (χ2n) is 4.37. The van der Waals surface area contributed by atoms with E-state index in [-0.39, 0.29) is 11.7 Å². The number of thioether (sulfide) groups is 1. The molecule has 104 valence electrons. The van der Waals surface area contributed by atoms with E-state index in [1.165, 1.54) is 12.1 Å². The topological polar surface area (TPSA) is 29.1 Å². The molecule has 0 bridgehead atoms. The van der Waals surface area contributed by atoms with Gasteiger partial charge in [-0.25, -0.2) is 4.39 Å². The third-order valence-corrected chi connectivity index (χ3v) is 3.73. The molecule has 0 spiro atoms. The number of aryl methyl sites for hydroxylation is 1. The summed E-state index contributed by atoms with van der Waals surface area (Å²) in [7, 11) is 0. The van der Waals surface area contributed by atoms with E-state index in [0.29, 0.717) is 12.8 Å². The Labute approximate surface area is 122 Å². The maximum absolute atomic E-state index is 12.8. The van der Waals surface area contributed by atoms with E-state index in [2.05, 4.69) is 5.32 Å².